The van der Waals surface area contributed by atoms with Gasteiger partial charge in [0.05, 0.1) is 0 Å². The molecular formula is C14H19BrIN. The van der Waals surface area contributed by atoms with Gasteiger partial charge in [-0.05, 0) is 71.7 Å². The minimum absolute atomic E-state index is 0.534. The molecule has 3 heteroatoms. The predicted octanol–water partition coefficient (Wildman–Crippen LogP) is 4.89. The van der Waals surface area contributed by atoms with Crippen LogP contribution in [0.3, 0.4) is 0 Å². The smallest absolute Gasteiger partial charge is 0.0359 e. The summed E-state index contributed by atoms with van der Waals surface area (Å²) in [5.74, 6) is 0.817. The van der Waals surface area contributed by atoms with E-state index in [1.54, 1.807) is 0 Å². The number of benzene rings is 1. The zero-order valence-electron chi connectivity index (χ0n) is 10.2. The Morgan fingerprint density at radius 2 is 2.12 bits per heavy atom. The molecule has 1 aromatic carbocycles. The summed E-state index contributed by atoms with van der Waals surface area (Å²) in [7, 11) is 0. The molecule has 0 radical (unpaired) electrons. The second-order valence-corrected chi connectivity index (χ2v) is 6.82. The first-order valence-electron chi connectivity index (χ1n) is 6.40. The van der Waals surface area contributed by atoms with Crippen LogP contribution in [-0.4, -0.2) is 6.54 Å². The molecule has 0 bridgehead atoms. The van der Waals surface area contributed by atoms with Crippen LogP contribution in [0.5, 0.6) is 0 Å². The lowest BCUT2D eigenvalue weighted by molar-refractivity contribution is 0.373. The van der Waals surface area contributed by atoms with E-state index in [1.165, 1.54) is 39.3 Å². The predicted molar refractivity (Wildman–Crippen MR) is 85.2 cm³/mol. The van der Waals surface area contributed by atoms with Crippen molar-refractivity contribution in [2.45, 2.75) is 38.6 Å². The van der Waals surface area contributed by atoms with Gasteiger partial charge < -0.3 is 5.32 Å². The molecule has 1 nitrogen and oxygen atoms in total. The van der Waals surface area contributed by atoms with Gasteiger partial charge in [0.1, 0.15) is 0 Å². The van der Waals surface area contributed by atoms with Crippen molar-refractivity contribution >= 4 is 38.5 Å². The van der Waals surface area contributed by atoms with Crippen molar-refractivity contribution in [2.24, 2.45) is 5.92 Å². The van der Waals surface area contributed by atoms with E-state index in [4.69, 9.17) is 0 Å². The van der Waals surface area contributed by atoms with Crippen molar-refractivity contribution in [3.8, 4) is 0 Å². The quantitative estimate of drug-likeness (QED) is 0.700. The molecule has 1 unspecified atom stereocenters. The highest BCUT2D eigenvalue weighted by Crippen LogP contribution is 2.37. The largest absolute Gasteiger partial charge is 0.310 e. The van der Waals surface area contributed by atoms with Gasteiger partial charge >= 0.3 is 0 Å². The van der Waals surface area contributed by atoms with Gasteiger partial charge in [-0.25, -0.2) is 0 Å². The highest BCUT2D eigenvalue weighted by Gasteiger charge is 2.26. The van der Waals surface area contributed by atoms with Gasteiger partial charge in [0.25, 0.3) is 0 Å². The number of rotatable bonds is 4. The maximum Gasteiger partial charge on any atom is 0.0359 e. The molecule has 0 heterocycles. The molecule has 2 rings (SSSR count). The van der Waals surface area contributed by atoms with Crippen LogP contribution in [0.1, 0.15) is 44.2 Å². The van der Waals surface area contributed by atoms with Crippen LogP contribution in [0.4, 0.5) is 0 Å². The summed E-state index contributed by atoms with van der Waals surface area (Å²) in [4.78, 5) is 0. The Balaban J connectivity index is 2.27. The number of halogens is 2. The first-order chi connectivity index (χ1) is 8.22. The van der Waals surface area contributed by atoms with E-state index in [0.717, 1.165) is 12.5 Å². The highest BCUT2D eigenvalue weighted by molar-refractivity contribution is 14.1. The molecule has 1 N–H and O–H groups in total. The molecule has 0 spiro atoms. The van der Waals surface area contributed by atoms with Crippen LogP contribution in [0.25, 0.3) is 0 Å². The Labute approximate surface area is 126 Å². The monoisotopic (exact) mass is 407 g/mol. The van der Waals surface area contributed by atoms with E-state index in [1.807, 2.05) is 0 Å². The van der Waals surface area contributed by atoms with Gasteiger partial charge in [0.15, 0.2) is 0 Å². The first kappa shape index (κ1) is 13.8. The molecule has 17 heavy (non-hydrogen) atoms. The molecule has 0 aliphatic heterocycles. The SMILES string of the molecule is CCNC(c1cc(Br)ccc1I)C1CCCC1. The Hall–Kier alpha value is 0.390. The van der Waals surface area contributed by atoms with Crippen LogP contribution < -0.4 is 5.32 Å². The number of nitrogens with one attached hydrogen (secondary N) is 1. The van der Waals surface area contributed by atoms with Gasteiger partial charge in [-0.2, -0.15) is 0 Å². The minimum atomic E-state index is 0.534. The summed E-state index contributed by atoms with van der Waals surface area (Å²) < 4.78 is 2.57. The summed E-state index contributed by atoms with van der Waals surface area (Å²) in [6, 6.07) is 7.15. The molecular weight excluding hydrogens is 389 g/mol. The van der Waals surface area contributed by atoms with E-state index in [-0.39, 0.29) is 0 Å². The fourth-order valence-corrected chi connectivity index (χ4v) is 3.84. The van der Waals surface area contributed by atoms with Crippen molar-refractivity contribution in [2.75, 3.05) is 6.54 Å². The van der Waals surface area contributed by atoms with Gasteiger partial charge in [-0.1, -0.05) is 35.7 Å². The number of hydrogen-bond acceptors (Lipinski definition) is 1. The third-order valence-electron chi connectivity index (χ3n) is 3.59. The van der Waals surface area contributed by atoms with E-state index in [9.17, 15) is 0 Å². The van der Waals surface area contributed by atoms with E-state index in [0.29, 0.717) is 6.04 Å². The Morgan fingerprint density at radius 1 is 1.41 bits per heavy atom. The molecule has 1 fully saturated rings. The van der Waals surface area contributed by atoms with E-state index in [2.05, 4.69) is 69.0 Å². The van der Waals surface area contributed by atoms with Gasteiger partial charge in [-0.3, -0.25) is 0 Å². The zero-order valence-corrected chi connectivity index (χ0v) is 13.9. The average Bonchev–Trinajstić information content (AvgIpc) is 2.83. The topological polar surface area (TPSA) is 12.0 Å². The molecule has 1 atom stereocenters. The third kappa shape index (κ3) is 3.44. The molecule has 1 aromatic rings. The Kier molecular flexibility index (Phi) is 5.30. The van der Waals surface area contributed by atoms with Gasteiger partial charge in [0.2, 0.25) is 0 Å². The lowest BCUT2D eigenvalue weighted by Crippen LogP contribution is -2.27. The van der Waals surface area contributed by atoms with Crippen molar-refractivity contribution in [3.63, 3.8) is 0 Å². The van der Waals surface area contributed by atoms with Crippen molar-refractivity contribution in [1.29, 1.82) is 0 Å². The summed E-state index contributed by atoms with van der Waals surface area (Å²) in [6.45, 7) is 3.25. The minimum Gasteiger partial charge on any atom is -0.310 e. The fraction of sp³-hybridized carbons (Fsp3) is 0.571. The van der Waals surface area contributed by atoms with Crippen LogP contribution >= 0.6 is 38.5 Å². The van der Waals surface area contributed by atoms with Gasteiger partial charge in [-0.15, -0.1) is 0 Å². The van der Waals surface area contributed by atoms with E-state index >= 15 is 0 Å². The Morgan fingerprint density at radius 3 is 2.76 bits per heavy atom. The van der Waals surface area contributed by atoms with Crippen LogP contribution in [0.2, 0.25) is 0 Å². The van der Waals surface area contributed by atoms with Crippen LogP contribution in [0, 0.1) is 9.49 Å². The van der Waals surface area contributed by atoms with Crippen molar-refractivity contribution < 1.29 is 0 Å². The molecule has 94 valence electrons. The maximum atomic E-state index is 3.68. The second kappa shape index (κ2) is 6.53. The molecule has 0 amide bonds. The molecule has 0 aromatic heterocycles. The third-order valence-corrected chi connectivity index (χ3v) is 5.06. The summed E-state index contributed by atoms with van der Waals surface area (Å²) >= 11 is 6.05. The summed E-state index contributed by atoms with van der Waals surface area (Å²) in [5.41, 5.74) is 1.47. The lowest BCUT2D eigenvalue weighted by Gasteiger charge is -2.26. The average molecular weight is 408 g/mol. The molecule has 0 saturated heterocycles. The molecule has 1 aliphatic rings. The summed E-state index contributed by atoms with van der Waals surface area (Å²) in [6.07, 6.45) is 5.55. The lowest BCUT2D eigenvalue weighted by atomic mass is 9.91. The summed E-state index contributed by atoms with van der Waals surface area (Å²) in [5, 5.41) is 3.68. The van der Waals surface area contributed by atoms with Crippen molar-refractivity contribution in [1.82, 2.24) is 5.32 Å². The van der Waals surface area contributed by atoms with E-state index < -0.39 is 0 Å². The standard InChI is InChI=1S/C14H19BrIN/c1-2-17-14(10-5-3-4-6-10)12-9-11(15)7-8-13(12)16/h7-10,14,17H,2-6H2,1H3. The second-order valence-electron chi connectivity index (χ2n) is 4.75. The van der Waals surface area contributed by atoms with Crippen LogP contribution in [-0.2, 0) is 0 Å². The van der Waals surface area contributed by atoms with Crippen LogP contribution in [0.15, 0.2) is 22.7 Å². The van der Waals surface area contributed by atoms with Gasteiger partial charge in [0, 0.05) is 14.1 Å². The first-order valence-corrected chi connectivity index (χ1v) is 8.28. The maximum absolute atomic E-state index is 3.68. The molecule has 1 aliphatic carbocycles. The normalized spacial score (nSPS) is 18.5. The Bertz CT molecular complexity index is 374. The number of hydrogen-bond donors (Lipinski definition) is 1. The zero-order chi connectivity index (χ0) is 12.3. The highest BCUT2D eigenvalue weighted by atomic mass is 127. The fourth-order valence-electron chi connectivity index (χ4n) is 2.79. The molecule has 1 saturated carbocycles. The van der Waals surface area contributed by atoms with Crippen molar-refractivity contribution in [3.05, 3.63) is 31.8 Å².